The van der Waals surface area contributed by atoms with Gasteiger partial charge >= 0.3 is 0 Å². The predicted molar refractivity (Wildman–Crippen MR) is 63.3 cm³/mol. The van der Waals surface area contributed by atoms with Crippen molar-refractivity contribution in [3.63, 3.8) is 0 Å². The summed E-state index contributed by atoms with van der Waals surface area (Å²) in [6.07, 6.45) is -0.0855. The van der Waals surface area contributed by atoms with Gasteiger partial charge in [-0.2, -0.15) is 0 Å². The van der Waals surface area contributed by atoms with Crippen LogP contribution >= 0.6 is 12.4 Å². The second-order valence-corrected chi connectivity index (χ2v) is 4.32. The van der Waals surface area contributed by atoms with E-state index < -0.39 is 11.5 Å². The molecule has 90 valence electrons. The molecule has 0 spiro atoms. The van der Waals surface area contributed by atoms with E-state index in [9.17, 15) is 8.78 Å². The maximum Gasteiger partial charge on any atom is 0.270 e. The van der Waals surface area contributed by atoms with Crippen LogP contribution in [0.2, 0.25) is 0 Å². The number of alkyl halides is 2. The third-order valence-corrected chi connectivity index (χ3v) is 3.33. The van der Waals surface area contributed by atoms with Gasteiger partial charge < -0.3 is 5.32 Å². The Labute approximate surface area is 101 Å². The molecule has 0 aromatic heterocycles. The van der Waals surface area contributed by atoms with Crippen LogP contribution in [0.3, 0.4) is 0 Å². The van der Waals surface area contributed by atoms with E-state index in [0.29, 0.717) is 12.1 Å². The van der Waals surface area contributed by atoms with Crippen LogP contribution in [-0.4, -0.2) is 12.5 Å². The summed E-state index contributed by atoms with van der Waals surface area (Å²) in [7, 11) is 0. The molecule has 1 aliphatic rings. The molecule has 1 saturated heterocycles. The van der Waals surface area contributed by atoms with Crippen molar-refractivity contribution in [1.82, 2.24) is 5.32 Å². The van der Waals surface area contributed by atoms with Gasteiger partial charge in [0.15, 0.2) is 0 Å². The first-order valence-corrected chi connectivity index (χ1v) is 5.16. The Morgan fingerprint density at radius 3 is 2.38 bits per heavy atom. The molecule has 1 aromatic carbocycles. The summed E-state index contributed by atoms with van der Waals surface area (Å²) in [6, 6.07) is 7.33. The fourth-order valence-corrected chi connectivity index (χ4v) is 2.27. The quantitative estimate of drug-likeness (QED) is 0.803. The van der Waals surface area contributed by atoms with E-state index in [-0.39, 0.29) is 18.8 Å². The zero-order valence-electron chi connectivity index (χ0n) is 9.39. The summed E-state index contributed by atoms with van der Waals surface area (Å²) in [6.45, 7) is 3.83. The third-order valence-electron chi connectivity index (χ3n) is 3.33. The van der Waals surface area contributed by atoms with Gasteiger partial charge in [0.2, 0.25) is 0 Å². The molecule has 4 heteroatoms. The fourth-order valence-electron chi connectivity index (χ4n) is 2.27. The minimum absolute atomic E-state index is 0. The number of halogens is 3. The molecular weight excluding hydrogens is 232 g/mol. The summed E-state index contributed by atoms with van der Waals surface area (Å²) in [4.78, 5) is 0. The van der Waals surface area contributed by atoms with Crippen LogP contribution in [0.25, 0.3) is 0 Å². The lowest BCUT2D eigenvalue weighted by Gasteiger charge is -2.33. The topological polar surface area (TPSA) is 12.0 Å². The number of hydrogen-bond acceptors (Lipinski definition) is 1. The summed E-state index contributed by atoms with van der Waals surface area (Å²) >= 11 is 0. The zero-order valence-corrected chi connectivity index (χ0v) is 10.2. The molecule has 16 heavy (non-hydrogen) atoms. The van der Waals surface area contributed by atoms with Gasteiger partial charge in [0.05, 0.1) is 0 Å². The molecule has 1 unspecified atom stereocenters. The molecule has 0 radical (unpaired) electrons. The molecule has 1 atom stereocenters. The van der Waals surface area contributed by atoms with Crippen LogP contribution in [-0.2, 0) is 5.54 Å². The Balaban J connectivity index is 0.00000128. The lowest BCUT2D eigenvalue weighted by molar-refractivity contribution is -0.0561. The van der Waals surface area contributed by atoms with Gasteiger partial charge in [0.1, 0.15) is 5.54 Å². The van der Waals surface area contributed by atoms with Gasteiger partial charge in [-0.3, -0.25) is 0 Å². The first-order valence-electron chi connectivity index (χ1n) is 5.16. The van der Waals surface area contributed by atoms with Crippen LogP contribution in [0.1, 0.15) is 24.5 Å². The second-order valence-electron chi connectivity index (χ2n) is 4.32. The average molecular weight is 248 g/mol. The number of hydrogen-bond donors (Lipinski definition) is 1. The van der Waals surface area contributed by atoms with E-state index in [2.05, 4.69) is 5.32 Å². The summed E-state index contributed by atoms with van der Waals surface area (Å²) in [5.74, 6) is -2.67. The van der Waals surface area contributed by atoms with Crippen LogP contribution in [0.15, 0.2) is 24.3 Å². The predicted octanol–water partition coefficient (Wildman–Crippen LogP) is 3.26. The maximum atomic E-state index is 13.8. The average Bonchev–Trinajstić information content (AvgIpc) is 2.43. The van der Waals surface area contributed by atoms with Crippen molar-refractivity contribution in [2.75, 3.05) is 6.54 Å². The van der Waals surface area contributed by atoms with E-state index >= 15 is 0 Å². The van der Waals surface area contributed by atoms with Crippen molar-refractivity contribution >= 4 is 12.4 Å². The Morgan fingerprint density at radius 1 is 1.25 bits per heavy atom. The van der Waals surface area contributed by atoms with Gasteiger partial charge in [-0.25, -0.2) is 8.78 Å². The fraction of sp³-hybridized carbons (Fsp3) is 0.500. The van der Waals surface area contributed by atoms with Crippen LogP contribution in [0, 0.1) is 6.92 Å². The van der Waals surface area contributed by atoms with Crippen molar-refractivity contribution in [1.29, 1.82) is 0 Å². The zero-order chi connectivity index (χ0) is 11.1. The molecule has 0 saturated carbocycles. The van der Waals surface area contributed by atoms with Gasteiger partial charge in [-0.05, 0) is 25.0 Å². The van der Waals surface area contributed by atoms with E-state index in [1.165, 1.54) is 0 Å². The SMILES string of the molecule is Cc1ccccc1C1(C)NCCC1(F)F.Cl. The summed E-state index contributed by atoms with van der Waals surface area (Å²) in [5, 5.41) is 2.93. The van der Waals surface area contributed by atoms with Crippen molar-refractivity contribution in [2.24, 2.45) is 0 Å². The highest BCUT2D eigenvalue weighted by Crippen LogP contribution is 2.44. The first-order chi connectivity index (χ1) is 6.97. The molecule has 2 rings (SSSR count). The molecule has 1 aliphatic heterocycles. The molecule has 0 amide bonds. The highest BCUT2D eigenvalue weighted by atomic mass is 35.5. The Hall–Kier alpha value is -0.670. The number of nitrogens with one attached hydrogen (secondary N) is 1. The molecule has 0 bridgehead atoms. The van der Waals surface area contributed by atoms with Crippen LogP contribution in [0.4, 0.5) is 8.78 Å². The molecule has 1 N–H and O–H groups in total. The van der Waals surface area contributed by atoms with Gasteiger partial charge in [0, 0.05) is 13.0 Å². The Kier molecular flexibility index (Phi) is 3.60. The largest absolute Gasteiger partial charge is 0.302 e. The first kappa shape index (κ1) is 13.4. The summed E-state index contributed by atoms with van der Waals surface area (Å²) in [5.41, 5.74) is 0.403. The molecule has 1 nitrogen and oxygen atoms in total. The number of aryl methyl sites for hydroxylation is 1. The van der Waals surface area contributed by atoms with E-state index in [0.717, 1.165) is 5.56 Å². The van der Waals surface area contributed by atoms with Crippen LogP contribution < -0.4 is 5.32 Å². The number of benzene rings is 1. The lowest BCUT2D eigenvalue weighted by Crippen LogP contribution is -2.46. The van der Waals surface area contributed by atoms with E-state index in [4.69, 9.17) is 0 Å². The minimum atomic E-state index is -2.67. The molecular formula is C12H16ClF2N. The number of rotatable bonds is 1. The van der Waals surface area contributed by atoms with Crippen LogP contribution in [0.5, 0.6) is 0 Å². The van der Waals surface area contributed by atoms with Crippen molar-refractivity contribution in [3.8, 4) is 0 Å². The molecule has 1 heterocycles. The maximum absolute atomic E-state index is 13.8. The lowest BCUT2D eigenvalue weighted by atomic mass is 9.84. The molecule has 0 aliphatic carbocycles. The third kappa shape index (κ3) is 1.82. The second kappa shape index (κ2) is 4.30. The molecule has 1 aromatic rings. The van der Waals surface area contributed by atoms with Crippen molar-refractivity contribution in [2.45, 2.75) is 31.7 Å². The van der Waals surface area contributed by atoms with Crippen molar-refractivity contribution < 1.29 is 8.78 Å². The van der Waals surface area contributed by atoms with Gasteiger partial charge in [0.25, 0.3) is 5.92 Å². The Morgan fingerprint density at radius 2 is 1.88 bits per heavy atom. The normalized spacial score (nSPS) is 27.5. The standard InChI is InChI=1S/C12H15F2N.ClH/c1-9-5-3-4-6-10(9)11(2)12(13,14)7-8-15-11;/h3-6,15H,7-8H2,1-2H3;1H. The highest BCUT2D eigenvalue weighted by molar-refractivity contribution is 5.85. The van der Waals surface area contributed by atoms with Gasteiger partial charge in [-0.1, -0.05) is 24.3 Å². The van der Waals surface area contributed by atoms with E-state index in [1.54, 1.807) is 13.0 Å². The molecule has 1 fully saturated rings. The van der Waals surface area contributed by atoms with Crippen molar-refractivity contribution in [3.05, 3.63) is 35.4 Å². The van der Waals surface area contributed by atoms with Gasteiger partial charge in [-0.15, -0.1) is 12.4 Å². The monoisotopic (exact) mass is 247 g/mol. The van der Waals surface area contributed by atoms with E-state index in [1.807, 2.05) is 25.1 Å². The highest BCUT2D eigenvalue weighted by Gasteiger charge is 2.55. The Bertz CT molecular complexity index is 381. The summed E-state index contributed by atoms with van der Waals surface area (Å²) < 4.78 is 27.6. The smallest absolute Gasteiger partial charge is 0.270 e. The minimum Gasteiger partial charge on any atom is -0.302 e.